The molecule has 2 aromatic heterocycles. The Morgan fingerprint density at radius 1 is 1.17 bits per heavy atom. The van der Waals surface area contributed by atoms with E-state index in [1.54, 1.807) is 35.8 Å². The van der Waals surface area contributed by atoms with Crippen LogP contribution in [0.2, 0.25) is 5.02 Å². The van der Waals surface area contributed by atoms with Gasteiger partial charge in [0.05, 0.1) is 4.90 Å². The molecule has 3 heterocycles. The number of sulfonamides is 1. The summed E-state index contributed by atoms with van der Waals surface area (Å²) >= 11 is 7.37. The average Bonchev–Trinajstić information content (AvgIpc) is 3.48. The fourth-order valence-electron chi connectivity index (χ4n) is 4.38. The number of rotatable bonds is 6. The highest BCUT2D eigenvalue weighted by Gasteiger charge is 2.28. The minimum absolute atomic E-state index is 0.0108. The van der Waals surface area contributed by atoms with E-state index in [2.05, 4.69) is 14.6 Å². The van der Waals surface area contributed by atoms with Crippen molar-refractivity contribution in [3.63, 3.8) is 0 Å². The number of amides is 1. The second-order valence-electron chi connectivity index (χ2n) is 8.47. The lowest BCUT2D eigenvalue weighted by atomic mass is 10.1. The molecule has 1 N–H and O–H groups in total. The van der Waals surface area contributed by atoms with Crippen LogP contribution in [0, 0.1) is 0 Å². The molecule has 0 saturated carbocycles. The number of carbonyl (C=O) groups excluding carboxylic acids is 1. The van der Waals surface area contributed by atoms with E-state index in [1.165, 1.54) is 11.3 Å². The Labute approximate surface area is 212 Å². The van der Waals surface area contributed by atoms with E-state index in [4.69, 9.17) is 11.6 Å². The van der Waals surface area contributed by atoms with Gasteiger partial charge in [-0.3, -0.25) is 9.52 Å². The van der Waals surface area contributed by atoms with Crippen LogP contribution in [0.1, 0.15) is 6.92 Å². The highest BCUT2D eigenvalue weighted by atomic mass is 35.5. The Morgan fingerprint density at radius 2 is 1.97 bits per heavy atom. The van der Waals surface area contributed by atoms with Gasteiger partial charge in [0.2, 0.25) is 5.91 Å². The van der Waals surface area contributed by atoms with Gasteiger partial charge in [-0.25, -0.2) is 13.4 Å². The van der Waals surface area contributed by atoms with Crippen LogP contribution in [0.3, 0.4) is 0 Å². The Bertz CT molecular complexity index is 1450. The molecule has 0 spiro atoms. The van der Waals surface area contributed by atoms with Crippen LogP contribution in [0.5, 0.6) is 0 Å². The lowest BCUT2D eigenvalue weighted by molar-refractivity contribution is -0.134. The molecule has 1 amide bonds. The summed E-state index contributed by atoms with van der Waals surface area (Å²) in [5.41, 5.74) is 1.86. The lowest BCUT2D eigenvalue weighted by Crippen LogP contribution is -2.54. The Kier molecular flexibility index (Phi) is 6.43. The monoisotopic (exact) mass is 529 g/mol. The number of hydrogen-bond donors (Lipinski definition) is 1. The first-order valence-corrected chi connectivity index (χ1v) is 13.9. The summed E-state index contributed by atoms with van der Waals surface area (Å²) in [5.74, 6) is 0.0596. The summed E-state index contributed by atoms with van der Waals surface area (Å²) in [5, 5.41) is 3.74. The first-order valence-electron chi connectivity index (χ1n) is 11.1. The SMILES string of the molecule is C[C@@H]1CN(c2ccc(S(=O)(=O)Nc3nccs3)cc2)CCN1C(=O)Cn1ccc2ccc(Cl)cc21. The van der Waals surface area contributed by atoms with Gasteiger partial charge in [0, 0.05) is 59.7 Å². The second kappa shape index (κ2) is 9.52. The van der Waals surface area contributed by atoms with E-state index < -0.39 is 10.0 Å². The fourth-order valence-corrected chi connectivity index (χ4v) is 6.33. The largest absolute Gasteiger partial charge is 0.368 e. The number of halogens is 1. The first-order chi connectivity index (χ1) is 16.8. The summed E-state index contributed by atoms with van der Waals surface area (Å²) in [6, 6.07) is 14.5. The van der Waals surface area contributed by atoms with E-state index in [1.807, 2.05) is 46.9 Å². The van der Waals surface area contributed by atoms with Crippen molar-refractivity contribution in [2.45, 2.75) is 24.4 Å². The quantitative estimate of drug-likeness (QED) is 0.402. The topological polar surface area (TPSA) is 87.5 Å². The molecule has 0 unspecified atom stereocenters. The summed E-state index contributed by atoms with van der Waals surface area (Å²) < 4.78 is 29.6. The van der Waals surface area contributed by atoms with Crippen molar-refractivity contribution in [1.29, 1.82) is 0 Å². The smallest absolute Gasteiger partial charge is 0.263 e. The molecule has 1 aliphatic rings. The van der Waals surface area contributed by atoms with Gasteiger partial charge in [0.1, 0.15) is 6.54 Å². The number of aromatic nitrogens is 2. The van der Waals surface area contributed by atoms with Crippen molar-refractivity contribution in [2.24, 2.45) is 0 Å². The van der Waals surface area contributed by atoms with Crippen LogP contribution >= 0.6 is 22.9 Å². The van der Waals surface area contributed by atoms with Crippen molar-refractivity contribution in [2.75, 3.05) is 29.3 Å². The predicted octanol–water partition coefficient (Wildman–Crippen LogP) is 4.29. The average molecular weight is 530 g/mol. The van der Waals surface area contributed by atoms with Gasteiger partial charge in [-0.15, -0.1) is 11.3 Å². The van der Waals surface area contributed by atoms with Crippen molar-refractivity contribution < 1.29 is 13.2 Å². The van der Waals surface area contributed by atoms with E-state index in [0.717, 1.165) is 16.6 Å². The standard InChI is InChI=1S/C24H24ClN5O3S2/c1-17-15-28(20-4-6-21(7-5-20)35(32,33)27-24-26-9-13-34-24)11-12-30(17)23(31)16-29-10-8-18-2-3-19(25)14-22(18)29/h2-10,13-14,17H,11-12,15-16H2,1H3,(H,26,27)/t17-/m1/s1. The molecule has 1 saturated heterocycles. The molecule has 35 heavy (non-hydrogen) atoms. The summed E-state index contributed by atoms with van der Waals surface area (Å²) in [4.78, 5) is 21.3. The highest BCUT2D eigenvalue weighted by Crippen LogP contribution is 2.25. The number of fused-ring (bicyclic) bond motifs is 1. The number of anilines is 2. The molecule has 182 valence electrons. The van der Waals surface area contributed by atoms with Gasteiger partial charge in [-0.2, -0.15) is 0 Å². The van der Waals surface area contributed by atoms with Gasteiger partial charge < -0.3 is 14.4 Å². The third-order valence-electron chi connectivity index (χ3n) is 6.16. The van der Waals surface area contributed by atoms with Crippen LogP contribution in [0.4, 0.5) is 10.8 Å². The molecule has 1 aliphatic heterocycles. The number of thiazole rings is 1. The molecule has 8 nitrogen and oxygen atoms in total. The number of benzene rings is 2. The molecule has 1 atom stereocenters. The van der Waals surface area contributed by atoms with Crippen molar-refractivity contribution in [3.05, 3.63) is 71.3 Å². The molecule has 0 radical (unpaired) electrons. The second-order valence-corrected chi connectivity index (χ2v) is 11.5. The van der Waals surface area contributed by atoms with E-state index in [9.17, 15) is 13.2 Å². The van der Waals surface area contributed by atoms with Gasteiger partial charge in [-0.1, -0.05) is 17.7 Å². The maximum atomic E-state index is 13.1. The van der Waals surface area contributed by atoms with Crippen LogP contribution in [0.25, 0.3) is 10.9 Å². The Hall–Kier alpha value is -3.08. The van der Waals surface area contributed by atoms with Crippen molar-refractivity contribution >= 4 is 60.6 Å². The van der Waals surface area contributed by atoms with E-state index in [-0.39, 0.29) is 23.4 Å². The first kappa shape index (κ1) is 23.7. The molecule has 4 aromatic rings. The molecular weight excluding hydrogens is 506 g/mol. The molecule has 11 heteroatoms. The number of piperazine rings is 1. The number of nitrogens with zero attached hydrogens (tertiary/aromatic N) is 4. The molecular formula is C24H24ClN5O3S2. The maximum absolute atomic E-state index is 13.1. The van der Waals surface area contributed by atoms with Gasteiger partial charge in [-0.05, 0) is 54.8 Å². The number of hydrogen-bond acceptors (Lipinski definition) is 6. The van der Waals surface area contributed by atoms with Gasteiger partial charge >= 0.3 is 0 Å². The highest BCUT2D eigenvalue weighted by molar-refractivity contribution is 7.93. The van der Waals surface area contributed by atoms with Crippen LogP contribution < -0.4 is 9.62 Å². The normalized spacial score (nSPS) is 16.6. The fraction of sp³-hybridized carbons (Fsp3) is 0.250. The Balaban J connectivity index is 1.23. The zero-order valence-corrected chi connectivity index (χ0v) is 21.4. The van der Waals surface area contributed by atoms with Gasteiger partial charge in [0.15, 0.2) is 5.13 Å². The molecule has 0 aliphatic carbocycles. The summed E-state index contributed by atoms with van der Waals surface area (Å²) in [6.07, 6.45) is 3.46. The van der Waals surface area contributed by atoms with Crippen LogP contribution in [-0.4, -0.2) is 54.5 Å². The minimum atomic E-state index is -3.69. The zero-order valence-electron chi connectivity index (χ0n) is 19.0. The van der Waals surface area contributed by atoms with Crippen LogP contribution in [-0.2, 0) is 21.4 Å². The maximum Gasteiger partial charge on any atom is 0.263 e. The van der Waals surface area contributed by atoms with Gasteiger partial charge in [0.25, 0.3) is 10.0 Å². The molecule has 1 fully saturated rings. The summed E-state index contributed by atoms with van der Waals surface area (Å²) in [6.45, 7) is 4.20. The molecule has 5 rings (SSSR count). The lowest BCUT2D eigenvalue weighted by Gasteiger charge is -2.41. The van der Waals surface area contributed by atoms with Crippen LogP contribution in [0.15, 0.2) is 71.2 Å². The van der Waals surface area contributed by atoms with E-state index in [0.29, 0.717) is 29.8 Å². The number of nitrogens with one attached hydrogen (secondary N) is 1. The molecule has 0 bridgehead atoms. The van der Waals surface area contributed by atoms with Crippen molar-refractivity contribution in [1.82, 2.24) is 14.5 Å². The van der Waals surface area contributed by atoms with E-state index >= 15 is 0 Å². The third kappa shape index (κ3) is 5.00. The minimum Gasteiger partial charge on any atom is -0.368 e. The summed E-state index contributed by atoms with van der Waals surface area (Å²) in [7, 11) is -3.69. The predicted molar refractivity (Wildman–Crippen MR) is 140 cm³/mol. The third-order valence-corrected chi connectivity index (χ3v) is 8.56. The zero-order chi connectivity index (χ0) is 24.6. The van der Waals surface area contributed by atoms with Crippen molar-refractivity contribution in [3.8, 4) is 0 Å². The number of carbonyl (C=O) groups is 1. The molecule has 2 aromatic carbocycles. The Morgan fingerprint density at radius 3 is 2.69 bits per heavy atom.